The molecule has 2 rings (SSSR count). The molecular weight excluding hydrogens is 250 g/mol. The lowest BCUT2D eigenvalue weighted by molar-refractivity contribution is -0.132. The Kier molecular flexibility index (Phi) is 5.56. The Labute approximate surface area is 121 Å². The third-order valence-corrected chi connectivity index (χ3v) is 3.88. The van der Waals surface area contributed by atoms with E-state index < -0.39 is 0 Å². The quantitative estimate of drug-likeness (QED) is 0.879. The molecule has 0 bridgehead atoms. The van der Waals surface area contributed by atoms with Crippen molar-refractivity contribution in [1.82, 2.24) is 9.80 Å². The highest BCUT2D eigenvalue weighted by molar-refractivity contribution is 5.78. The molecule has 1 aromatic carbocycles. The molecular formula is C16H25N3O. The van der Waals surface area contributed by atoms with Crippen LogP contribution in [0.4, 0.5) is 0 Å². The molecule has 2 N–H and O–H groups in total. The van der Waals surface area contributed by atoms with E-state index in [1.54, 1.807) is 0 Å². The maximum atomic E-state index is 12.3. The molecule has 0 radical (unpaired) electrons. The standard InChI is InChI=1S/C16H25N3O/c1-2-7-18-8-10-19(11-9-18)16(20)12-14-3-5-15(13-17)6-4-14/h3-6H,2,7-13,17H2,1H3. The van der Waals surface area contributed by atoms with Gasteiger partial charge in [-0.3, -0.25) is 9.69 Å². The van der Waals surface area contributed by atoms with E-state index in [4.69, 9.17) is 5.73 Å². The molecule has 0 atom stereocenters. The molecule has 0 spiro atoms. The van der Waals surface area contributed by atoms with E-state index in [2.05, 4.69) is 11.8 Å². The Morgan fingerprint density at radius 1 is 1.10 bits per heavy atom. The number of benzene rings is 1. The molecule has 1 aliphatic rings. The Morgan fingerprint density at radius 3 is 2.25 bits per heavy atom. The van der Waals surface area contributed by atoms with Crippen LogP contribution in [0.3, 0.4) is 0 Å². The van der Waals surface area contributed by atoms with Gasteiger partial charge in [-0.05, 0) is 24.1 Å². The molecule has 1 aromatic rings. The Morgan fingerprint density at radius 2 is 1.70 bits per heavy atom. The second-order valence-corrected chi connectivity index (χ2v) is 5.42. The molecule has 0 saturated carbocycles. The summed E-state index contributed by atoms with van der Waals surface area (Å²) in [6.45, 7) is 7.62. The maximum absolute atomic E-state index is 12.3. The number of nitrogens with zero attached hydrogens (tertiary/aromatic N) is 2. The van der Waals surface area contributed by atoms with Gasteiger partial charge in [0.25, 0.3) is 0 Å². The predicted molar refractivity (Wildman–Crippen MR) is 81.3 cm³/mol. The van der Waals surface area contributed by atoms with E-state index in [0.29, 0.717) is 13.0 Å². The summed E-state index contributed by atoms with van der Waals surface area (Å²) in [4.78, 5) is 16.7. The van der Waals surface area contributed by atoms with E-state index in [1.807, 2.05) is 29.2 Å². The van der Waals surface area contributed by atoms with Crippen LogP contribution < -0.4 is 5.73 Å². The average molecular weight is 275 g/mol. The molecule has 1 aliphatic heterocycles. The van der Waals surface area contributed by atoms with E-state index in [0.717, 1.165) is 43.9 Å². The molecule has 0 aromatic heterocycles. The van der Waals surface area contributed by atoms with Gasteiger partial charge in [-0.2, -0.15) is 0 Å². The van der Waals surface area contributed by atoms with Crippen LogP contribution >= 0.6 is 0 Å². The van der Waals surface area contributed by atoms with Crippen molar-refractivity contribution in [2.24, 2.45) is 5.73 Å². The van der Waals surface area contributed by atoms with Crippen molar-refractivity contribution >= 4 is 5.91 Å². The number of piperazine rings is 1. The first-order valence-corrected chi connectivity index (χ1v) is 7.51. The average Bonchev–Trinajstić information content (AvgIpc) is 2.49. The number of amides is 1. The number of carbonyl (C=O) groups is 1. The predicted octanol–water partition coefficient (Wildman–Crippen LogP) is 1.24. The fraction of sp³-hybridized carbons (Fsp3) is 0.562. The molecule has 4 heteroatoms. The van der Waals surface area contributed by atoms with Crippen LogP contribution in [0.25, 0.3) is 0 Å². The summed E-state index contributed by atoms with van der Waals surface area (Å²) in [7, 11) is 0. The van der Waals surface area contributed by atoms with Crippen molar-refractivity contribution in [2.45, 2.75) is 26.3 Å². The van der Waals surface area contributed by atoms with Crippen LogP contribution in [-0.2, 0) is 17.8 Å². The maximum Gasteiger partial charge on any atom is 0.227 e. The lowest BCUT2D eigenvalue weighted by Gasteiger charge is -2.34. The first kappa shape index (κ1) is 15.0. The monoisotopic (exact) mass is 275 g/mol. The highest BCUT2D eigenvalue weighted by atomic mass is 16.2. The molecule has 1 saturated heterocycles. The van der Waals surface area contributed by atoms with Crippen LogP contribution in [-0.4, -0.2) is 48.4 Å². The highest BCUT2D eigenvalue weighted by Crippen LogP contribution is 2.09. The van der Waals surface area contributed by atoms with Gasteiger partial charge in [0.2, 0.25) is 5.91 Å². The van der Waals surface area contributed by atoms with Crippen LogP contribution in [0.2, 0.25) is 0 Å². The smallest absolute Gasteiger partial charge is 0.227 e. The molecule has 0 unspecified atom stereocenters. The molecule has 110 valence electrons. The topological polar surface area (TPSA) is 49.6 Å². The normalized spacial score (nSPS) is 16.4. The number of carbonyl (C=O) groups excluding carboxylic acids is 1. The van der Waals surface area contributed by atoms with Gasteiger partial charge in [-0.15, -0.1) is 0 Å². The van der Waals surface area contributed by atoms with E-state index in [1.165, 1.54) is 6.42 Å². The molecule has 0 aliphatic carbocycles. The zero-order valence-electron chi connectivity index (χ0n) is 12.3. The Hall–Kier alpha value is -1.39. The van der Waals surface area contributed by atoms with Crippen LogP contribution in [0.5, 0.6) is 0 Å². The van der Waals surface area contributed by atoms with Gasteiger partial charge in [-0.1, -0.05) is 31.2 Å². The second kappa shape index (κ2) is 7.41. The van der Waals surface area contributed by atoms with Gasteiger partial charge in [0.15, 0.2) is 0 Å². The minimum atomic E-state index is 0.238. The minimum absolute atomic E-state index is 0.238. The Balaban J connectivity index is 1.83. The van der Waals surface area contributed by atoms with Gasteiger partial charge >= 0.3 is 0 Å². The fourth-order valence-corrected chi connectivity index (χ4v) is 2.62. The van der Waals surface area contributed by atoms with Crippen molar-refractivity contribution in [3.05, 3.63) is 35.4 Å². The van der Waals surface area contributed by atoms with Crippen molar-refractivity contribution in [2.75, 3.05) is 32.7 Å². The van der Waals surface area contributed by atoms with E-state index in [9.17, 15) is 4.79 Å². The Bertz CT molecular complexity index is 422. The van der Waals surface area contributed by atoms with Gasteiger partial charge in [0.05, 0.1) is 6.42 Å². The lowest BCUT2D eigenvalue weighted by Crippen LogP contribution is -2.49. The summed E-state index contributed by atoms with van der Waals surface area (Å²) < 4.78 is 0. The molecule has 1 amide bonds. The van der Waals surface area contributed by atoms with Crippen LogP contribution in [0.15, 0.2) is 24.3 Å². The first-order chi connectivity index (χ1) is 9.72. The summed E-state index contributed by atoms with van der Waals surface area (Å²) in [5, 5.41) is 0. The molecule has 4 nitrogen and oxygen atoms in total. The summed E-state index contributed by atoms with van der Waals surface area (Å²) in [5.41, 5.74) is 7.75. The third kappa shape index (κ3) is 4.05. The van der Waals surface area contributed by atoms with Gasteiger partial charge in [-0.25, -0.2) is 0 Å². The van der Waals surface area contributed by atoms with Crippen molar-refractivity contribution in [3.63, 3.8) is 0 Å². The second-order valence-electron chi connectivity index (χ2n) is 5.42. The van der Waals surface area contributed by atoms with E-state index >= 15 is 0 Å². The number of hydrogen-bond donors (Lipinski definition) is 1. The lowest BCUT2D eigenvalue weighted by atomic mass is 10.1. The summed E-state index contributed by atoms with van der Waals surface area (Å²) in [6, 6.07) is 8.02. The zero-order valence-corrected chi connectivity index (χ0v) is 12.3. The van der Waals surface area contributed by atoms with Gasteiger partial charge in [0.1, 0.15) is 0 Å². The fourth-order valence-electron chi connectivity index (χ4n) is 2.62. The largest absolute Gasteiger partial charge is 0.340 e. The van der Waals surface area contributed by atoms with Crippen LogP contribution in [0.1, 0.15) is 24.5 Å². The summed E-state index contributed by atoms with van der Waals surface area (Å²) >= 11 is 0. The number of rotatable bonds is 5. The molecule has 1 heterocycles. The summed E-state index contributed by atoms with van der Waals surface area (Å²) in [6.07, 6.45) is 1.68. The van der Waals surface area contributed by atoms with Crippen molar-refractivity contribution < 1.29 is 4.79 Å². The molecule has 20 heavy (non-hydrogen) atoms. The van der Waals surface area contributed by atoms with Crippen LogP contribution in [0, 0.1) is 0 Å². The first-order valence-electron chi connectivity index (χ1n) is 7.51. The van der Waals surface area contributed by atoms with Crippen molar-refractivity contribution in [3.8, 4) is 0 Å². The molecule has 1 fully saturated rings. The number of nitrogens with two attached hydrogens (primary N) is 1. The summed E-state index contributed by atoms with van der Waals surface area (Å²) in [5.74, 6) is 0.238. The highest BCUT2D eigenvalue weighted by Gasteiger charge is 2.20. The van der Waals surface area contributed by atoms with Gasteiger partial charge < -0.3 is 10.6 Å². The third-order valence-electron chi connectivity index (χ3n) is 3.88. The van der Waals surface area contributed by atoms with Crippen molar-refractivity contribution in [1.29, 1.82) is 0 Å². The van der Waals surface area contributed by atoms with E-state index in [-0.39, 0.29) is 5.91 Å². The number of hydrogen-bond acceptors (Lipinski definition) is 3. The minimum Gasteiger partial charge on any atom is -0.340 e. The zero-order chi connectivity index (χ0) is 14.4. The van der Waals surface area contributed by atoms with Gasteiger partial charge in [0, 0.05) is 32.7 Å². The SMILES string of the molecule is CCCN1CCN(C(=O)Cc2ccc(CN)cc2)CC1.